The van der Waals surface area contributed by atoms with Crippen LogP contribution in [0.5, 0.6) is 0 Å². The van der Waals surface area contributed by atoms with Crippen molar-refractivity contribution in [1.29, 1.82) is 0 Å². The summed E-state index contributed by atoms with van der Waals surface area (Å²) in [6.07, 6.45) is 3.70. The zero-order valence-electron chi connectivity index (χ0n) is 18.3. The molecule has 0 saturated carbocycles. The number of hydrogen-bond acceptors (Lipinski definition) is 3. The summed E-state index contributed by atoms with van der Waals surface area (Å²) in [7, 11) is 0. The molecular weight excluding hydrogens is 401 g/mol. The molecule has 3 atom stereocenters. The topological polar surface area (TPSA) is 21.7 Å². The molecule has 3 nitrogen and oxygen atoms in total. The van der Waals surface area contributed by atoms with E-state index in [1.165, 1.54) is 6.07 Å². The molecule has 3 unspecified atom stereocenters. The first-order chi connectivity index (χ1) is 15.6. The lowest BCUT2D eigenvalue weighted by Crippen LogP contribution is -2.57. The third kappa shape index (κ3) is 3.35. The number of fused-ring (bicyclic) bond motifs is 1. The zero-order chi connectivity index (χ0) is 22.1. The minimum absolute atomic E-state index is 0.101. The van der Waals surface area contributed by atoms with Crippen LogP contribution in [0, 0.1) is 12.7 Å². The molecule has 5 rings (SSSR count). The van der Waals surface area contributed by atoms with Crippen LogP contribution >= 0.6 is 0 Å². The minimum atomic E-state index is -0.817. The number of para-hydroxylation sites is 1. The van der Waals surface area contributed by atoms with Gasteiger partial charge in [-0.2, -0.15) is 0 Å². The maximum absolute atomic E-state index is 14.2. The molecule has 164 valence electrons. The fraction of sp³-hybridized carbons (Fsp3) is 0.286. The number of ether oxygens (including phenoxy) is 2. The number of nitrogens with zero attached hydrogens (tertiary/aromatic N) is 1. The predicted molar refractivity (Wildman–Crippen MR) is 126 cm³/mol. The molecule has 0 spiro atoms. The van der Waals surface area contributed by atoms with E-state index in [0.717, 1.165) is 35.3 Å². The van der Waals surface area contributed by atoms with Crippen molar-refractivity contribution in [2.24, 2.45) is 0 Å². The van der Waals surface area contributed by atoms with Gasteiger partial charge in [0.2, 0.25) is 0 Å². The van der Waals surface area contributed by atoms with E-state index in [2.05, 4.69) is 35.7 Å². The van der Waals surface area contributed by atoms with E-state index < -0.39 is 5.72 Å². The van der Waals surface area contributed by atoms with Crippen molar-refractivity contribution in [3.05, 3.63) is 108 Å². The van der Waals surface area contributed by atoms with Crippen molar-refractivity contribution in [2.45, 2.75) is 44.1 Å². The first-order valence-corrected chi connectivity index (χ1v) is 11.2. The average molecular weight is 430 g/mol. The summed E-state index contributed by atoms with van der Waals surface area (Å²) < 4.78 is 27.4. The van der Waals surface area contributed by atoms with Gasteiger partial charge < -0.3 is 14.4 Å². The molecule has 3 aromatic carbocycles. The van der Waals surface area contributed by atoms with Crippen molar-refractivity contribution >= 4 is 11.4 Å². The van der Waals surface area contributed by atoms with Gasteiger partial charge in [-0.15, -0.1) is 6.58 Å². The van der Waals surface area contributed by atoms with Crippen LogP contribution in [0.15, 0.2) is 85.5 Å². The normalized spacial score (nSPS) is 24.5. The van der Waals surface area contributed by atoms with Crippen molar-refractivity contribution < 1.29 is 13.9 Å². The summed E-state index contributed by atoms with van der Waals surface area (Å²) in [6.45, 7) is 7.14. The Hall–Kier alpha value is -2.95. The molecule has 2 aliphatic rings. The Kier molecular flexibility index (Phi) is 5.58. The summed E-state index contributed by atoms with van der Waals surface area (Å²) in [5.74, 6) is -0.315. The van der Waals surface area contributed by atoms with E-state index in [0.29, 0.717) is 18.8 Å². The second kappa shape index (κ2) is 8.53. The van der Waals surface area contributed by atoms with Crippen LogP contribution in [-0.4, -0.2) is 18.4 Å². The van der Waals surface area contributed by atoms with Crippen LogP contribution in [0.3, 0.4) is 0 Å². The van der Waals surface area contributed by atoms with Crippen LogP contribution in [0.4, 0.5) is 15.8 Å². The second-order valence-electron chi connectivity index (χ2n) is 8.57. The highest BCUT2D eigenvalue weighted by Crippen LogP contribution is 2.56. The van der Waals surface area contributed by atoms with Crippen molar-refractivity contribution in [3.63, 3.8) is 0 Å². The molecule has 1 fully saturated rings. The smallest absolute Gasteiger partial charge is 0.182 e. The monoisotopic (exact) mass is 429 g/mol. The maximum Gasteiger partial charge on any atom is 0.182 e. The van der Waals surface area contributed by atoms with Crippen LogP contribution in [0.1, 0.15) is 35.4 Å². The lowest BCUT2D eigenvalue weighted by Gasteiger charge is -2.46. The van der Waals surface area contributed by atoms with Gasteiger partial charge in [0.05, 0.1) is 12.5 Å². The van der Waals surface area contributed by atoms with E-state index in [1.54, 1.807) is 6.92 Å². The van der Waals surface area contributed by atoms with E-state index >= 15 is 0 Å². The van der Waals surface area contributed by atoms with E-state index in [9.17, 15) is 4.39 Å². The van der Waals surface area contributed by atoms with Crippen LogP contribution in [-0.2, 0) is 16.1 Å². The van der Waals surface area contributed by atoms with Crippen LogP contribution in [0.25, 0.3) is 0 Å². The Bertz CT molecular complexity index is 1110. The molecule has 1 saturated heterocycles. The summed E-state index contributed by atoms with van der Waals surface area (Å²) in [5, 5.41) is 0. The number of rotatable bonds is 6. The lowest BCUT2D eigenvalue weighted by molar-refractivity contribution is -0.135. The Balaban J connectivity index is 1.69. The quantitative estimate of drug-likeness (QED) is 0.410. The molecule has 4 heteroatoms. The van der Waals surface area contributed by atoms with Gasteiger partial charge in [0.25, 0.3) is 0 Å². The SMILES string of the molecule is C=CC1c2ccccc2N(c2ccc(F)c(C)c2)C1(OCc1ccccc1)C1CCCO1. The molecule has 2 aliphatic heterocycles. The standard InChI is InChI=1S/C28H28FNO2/c1-3-24-23-12-7-8-13-26(23)30(22-15-16-25(29)20(2)18-22)28(24,27-14-9-17-31-27)32-19-21-10-5-4-6-11-21/h3-8,10-13,15-16,18,24,27H,1,9,14,17,19H2,2H3. The molecule has 0 radical (unpaired) electrons. The Morgan fingerprint density at radius 1 is 1.12 bits per heavy atom. The molecule has 0 aliphatic carbocycles. The fourth-order valence-corrected chi connectivity index (χ4v) is 5.18. The number of anilines is 2. The van der Waals surface area contributed by atoms with E-state index in [1.807, 2.05) is 48.5 Å². The molecule has 0 aromatic heterocycles. The zero-order valence-corrected chi connectivity index (χ0v) is 18.3. The first kappa shape index (κ1) is 20.9. The van der Waals surface area contributed by atoms with Gasteiger partial charge >= 0.3 is 0 Å². The summed E-state index contributed by atoms with van der Waals surface area (Å²) in [6, 6.07) is 23.8. The van der Waals surface area contributed by atoms with Gasteiger partial charge in [0.15, 0.2) is 5.72 Å². The van der Waals surface area contributed by atoms with Crippen molar-refractivity contribution in [1.82, 2.24) is 0 Å². The van der Waals surface area contributed by atoms with Crippen molar-refractivity contribution in [2.75, 3.05) is 11.5 Å². The Labute approximate surface area is 189 Å². The first-order valence-electron chi connectivity index (χ1n) is 11.2. The third-order valence-corrected chi connectivity index (χ3v) is 6.65. The molecule has 32 heavy (non-hydrogen) atoms. The highest BCUT2D eigenvalue weighted by molar-refractivity contribution is 5.75. The Morgan fingerprint density at radius 2 is 1.91 bits per heavy atom. The minimum Gasteiger partial charge on any atom is -0.373 e. The van der Waals surface area contributed by atoms with E-state index in [4.69, 9.17) is 9.47 Å². The van der Waals surface area contributed by atoms with Gasteiger partial charge in [0.1, 0.15) is 11.9 Å². The van der Waals surface area contributed by atoms with Crippen LogP contribution < -0.4 is 4.90 Å². The average Bonchev–Trinajstić information content (AvgIpc) is 3.45. The summed E-state index contributed by atoms with van der Waals surface area (Å²) in [4.78, 5) is 2.22. The summed E-state index contributed by atoms with van der Waals surface area (Å²) in [5.41, 5.74) is 3.97. The van der Waals surface area contributed by atoms with Gasteiger partial charge in [-0.1, -0.05) is 54.6 Å². The van der Waals surface area contributed by atoms with Crippen molar-refractivity contribution in [3.8, 4) is 0 Å². The molecule has 2 heterocycles. The van der Waals surface area contributed by atoms with E-state index in [-0.39, 0.29) is 17.8 Å². The number of benzene rings is 3. The highest BCUT2D eigenvalue weighted by Gasteiger charge is 2.58. The maximum atomic E-state index is 14.2. The molecule has 3 aromatic rings. The fourth-order valence-electron chi connectivity index (χ4n) is 5.18. The third-order valence-electron chi connectivity index (χ3n) is 6.65. The molecule has 0 bridgehead atoms. The Morgan fingerprint density at radius 3 is 2.62 bits per heavy atom. The molecule has 0 N–H and O–H groups in total. The second-order valence-corrected chi connectivity index (χ2v) is 8.57. The lowest BCUT2D eigenvalue weighted by atomic mass is 9.86. The predicted octanol–water partition coefficient (Wildman–Crippen LogP) is 6.65. The van der Waals surface area contributed by atoms with Gasteiger partial charge in [0, 0.05) is 18.0 Å². The van der Waals surface area contributed by atoms with Crippen LogP contribution in [0.2, 0.25) is 0 Å². The molecular formula is C28H28FNO2. The van der Waals surface area contributed by atoms with Gasteiger partial charge in [-0.25, -0.2) is 4.39 Å². The van der Waals surface area contributed by atoms with Gasteiger partial charge in [-0.3, -0.25) is 0 Å². The number of halogens is 1. The number of hydrogen-bond donors (Lipinski definition) is 0. The van der Waals surface area contributed by atoms with Gasteiger partial charge in [-0.05, 0) is 60.7 Å². The number of aryl methyl sites for hydroxylation is 1. The highest BCUT2D eigenvalue weighted by atomic mass is 19.1. The largest absolute Gasteiger partial charge is 0.373 e. The summed E-state index contributed by atoms with van der Waals surface area (Å²) >= 11 is 0. The molecule has 0 amide bonds.